The molecule has 3 saturated heterocycles. The van der Waals surface area contributed by atoms with Crippen LogP contribution < -0.4 is 0 Å². The van der Waals surface area contributed by atoms with E-state index in [2.05, 4.69) is 0 Å². The summed E-state index contributed by atoms with van der Waals surface area (Å²) in [6, 6.07) is 0. The number of Topliss-reactive ketones (excluding diaryl/α,β-unsaturated/α-hetero) is 1. The van der Waals surface area contributed by atoms with E-state index >= 15 is 0 Å². The van der Waals surface area contributed by atoms with Gasteiger partial charge in [-0.2, -0.15) is 13.2 Å². The fraction of sp³-hybridized carbons (Fsp3) is 0.909. The second kappa shape index (κ2) is 4.47. The van der Waals surface area contributed by atoms with Gasteiger partial charge in [0.15, 0.2) is 5.78 Å². The molecule has 3 rings (SSSR count). The minimum absolute atomic E-state index is 0.0661. The maximum atomic E-state index is 12.8. The van der Waals surface area contributed by atoms with E-state index in [9.17, 15) is 23.1 Å². The molecule has 3 aliphatic heterocycles. The van der Waals surface area contributed by atoms with Crippen molar-refractivity contribution in [3.8, 4) is 0 Å². The van der Waals surface area contributed by atoms with Gasteiger partial charge in [-0.25, -0.2) is 0 Å². The summed E-state index contributed by atoms with van der Waals surface area (Å²) < 4.78 is 43.4. The number of alkyl halides is 3. The molecule has 0 aliphatic carbocycles. The van der Waals surface area contributed by atoms with E-state index in [4.69, 9.17) is 4.74 Å². The van der Waals surface area contributed by atoms with Crippen molar-refractivity contribution in [1.82, 2.24) is 4.90 Å². The summed E-state index contributed by atoms with van der Waals surface area (Å²) in [6.07, 6.45) is -4.16. The van der Waals surface area contributed by atoms with Crippen LogP contribution in [0, 0.1) is 11.8 Å². The van der Waals surface area contributed by atoms with E-state index in [0.29, 0.717) is 6.54 Å². The van der Waals surface area contributed by atoms with Gasteiger partial charge in [0.1, 0.15) is 5.54 Å². The molecule has 0 amide bonds. The number of halogens is 3. The Morgan fingerprint density at radius 2 is 2.22 bits per heavy atom. The van der Waals surface area contributed by atoms with E-state index in [-0.39, 0.29) is 19.6 Å². The number of aliphatic hydroxyl groups excluding tert-OH is 1. The number of nitrogens with zero attached hydrogens (tertiary/aromatic N) is 1. The average molecular weight is 267 g/mol. The first-order valence-electron chi connectivity index (χ1n) is 5.82. The molecule has 0 saturated carbocycles. The van der Waals surface area contributed by atoms with Crippen molar-refractivity contribution >= 4 is 5.78 Å². The first-order valence-corrected chi connectivity index (χ1v) is 5.82. The second-order valence-corrected chi connectivity index (χ2v) is 4.98. The van der Waals surface area contributed by atoms with E-state index in [1.54, 1.807) is 0 Å². The van der Waals surface area contributed by atoms with Crippen molar-refractivity contribution in [3.63, 3.8) is 0 Å². The third-order valence-electron chi connectivity index (χ3n) is 4.08. The molecule has 0 aromatic rings. The highest BCUT2D eigenvalue weighted by atomic mass is 19.4. The maximum absolute atomic E-state index is 12.8. The standard InChI is InChI=1S/C11H16F3NO3/c1-18-6-10(5-16)9(17)7-2-3-15(10)4-8(7)11(12,13)14/h7-8,16H,2-6H2,1H3/t7-,8+,10-/m1/s1. The summed E-state index contributed by atoms with van der Waals surface area (Å²) in [5.74, 6) is -3.20. The second-order valence-electron chi connectivity index (χ2n) is 4.98. The lowest BCUT2D eigenvalue weighted by molar-refractivity contribution is -0.229. The van der Waals surface area contributed by atoms with Crippen LogP contribution in [0.2, 0.25) is 0 Å². The van der Waals surface area contributed by atoms with E-state index in [1.165, 1.54) is 12.0 Å². The van der Waals surface area contributed by atoms with Crippen LogP contribution in [0.5, 0.6) is 0 Å². The van der Waals surface area contributed by atoms with Crippen LogP contribution in [-0.4, -0.2) is 60.9 Å². The molecule has 0 radical (unpaired) electrons. The molecule has 1 N–H and O–H groups in total. The Hall–Kier alpha value is -0.660. The lowest BCUT2D eigenvalue weighted by Crippen LogP contribution is -2.72. The number of ether oxygens (including phenoxy) is 1. The largest absolute Gasteiger partial charge is 0.394 e. The molecule has 104 valence electrons. The number of carbonyl (C=O) groups is 1. The van der Waals surface area contributed by atoms with Gasteiger partial charge in [-0.3, -0.25) is 9.69 Å². The molecule has 0 aromatic heterocycles. The normalized spacial score (nSPS) is 40.3. The average Bonchev–Trinajstić information content (AvgIpc) is 2.32. The summed E-state index contributed by atoms with van der Waals surface area (Å²) >= 11 is 0. The number of aliphatic hydroxyl groups is 1. The van der Waals surface area contributed by atoms with Crippen LogP contribution in [0.4, 0.5) is 13.2 Å². The summed E-state index contributed by atoms with van der Waals surface area (Å²) in [4.78, 5) is 13.6. The van der Waals surface area contributed by atoms with Crippen LogP contribution in [0.1, 0.15) is 6.42 Å². The molecule has 3 fully saturated rings. The molecule has 18 heavy (non-hydrogen) atoms. The lowest BCUT2D eigenvalue weighted by atomic mass is 9.68. The predicted octanol–water partition coefficient (Wildman–Crippen LogP) is 0.447. The fourth-order valence-electron chi connectivity index (χ4n) is 3.11. The quantitative estimate of drug-likeness (QED) is 0.806. The van der Waals surface area contributed by atoms with Crippen molar-refractivity contribution in [3.05, 3.63) is 0 Å². The van der Waals surface area contributed by atoms with Crippen molar-refractivity contribution < 1.29 is 27.8 Å². The molecule has 7 heteroatoms. The number of rotatable bonds is 3. The van der Waals surface area contributed by atoms with Gasteiger partial charge in [0.2, 0.25) is 0 Å². The van der Waals surface area contributed by atoms with Gasteiger partial charge >= 0.3 is 6.18 Å². The monoisotopic (exact) mass is 267 g/mol. The summed E-state index contributed by atoms with van der Waals surface area (Å²) in [5.41, 5.74) is -1.28. The third kappa shape index (κ3) is 1.85. The van der Waals surface area contributed by atoms with Crippen molar-refractivity contribution in [2.24, 2.45) is 11.8 Å². The van der Waals surface area contributed by atoms with Gasteiger partial charge in [0.05, 0.1) is 19.1 Å². The lowest BCUT2D eigenvalue weighted by Gasteiger charge is -2.54. The van der Waals surface area contributed by atoms with Crippen molar-refractivity contribution in [1.29, 1.82) is 0 Å². The molecule has 0 spiro atoms. The van der Waals surface area contributed by atoms with Crippen molar-refractivity contribution in [2.45, 2.75) is 18.1 Å². The van der Waals surface area contributed by atoms with E-state index in [1.807, 2.05) is 0 Å². The predicted molar refractivity (Wildman–Crippen MR) is 55.9 cm³/mol. The molecule has 1 unspecified atom stereocenters. The van der Waals surface area contributed by atoms with Gasteiger partial charge in [-0.1, -0.05) is 0 Å². The number of ketones is 1. The highest BCUT2D eigenvalue weighted by Crippen LogP contribution is 2.46. The third-order valence-corrected chi connectivity index (χ3v) is 4.08. The zero-order valence-corrected chi connectivity index (χ0v) is 10.0. The number of hydrogen-bond acceptors (Lipinski definition) is 4. The summed E-state index contributed by atoms with van der Waals surface area (Å²) in [7, 11) is 1.37. The molecule has 2 bridgehead atoms. The number of carbonyl (C=O) groups excluding carboxylic acids is 1. The Morgan fingerprint density at radius 3 is 2.67 bits per heavy atom. The van der Waals surface area contributed by atoms with Gasteiger partial charge in [0, 0.05) is 19.6 Å². The van der Waals surface area contributed by atoms with E-state index in [0.717, 1.165) is 0 Å². The minimum atomic E-state index is -4.37. The SMILES string of the molecule is COC[C@]1(CO)C(=O)[C@@H]2CCN1C[C@@H]2C(F)(F)F. The molecule has 4 atom stereocenters. The van der Waals surface area contributed by atoms with Gasteiger partial charge < -0.3 is 9.84 Å². The smallest absolute Gasteiger partial charge is 0.393 e. The number of fused-ring (bicyclic) bond motifs is 3. The zero-order valence-electron chi connectivity index (χ0n) is 10.0. The first-order chi connectivity index (χ1) is 8.36. The van der Waals surface area contributed by atoms with Gasteiger partial charge in [-0.05, 0) is 13.0 Å². The van der Waals surface area contributed by atoms with Crippen LogP contribution in [0.25, 0.3) is 0 Å². The maximum Gasteiger partial charge on any atom is 0.393 e. The minimum Gasteiger partial charge on any atom is -0.394 e. The van der Waals surface area contributed by atoms with Crippen LogP contribution in [-0.2, 0) is 9.53 Å². The number of methoxy groups -OCH3 is 1. The summed E-state index contributed by atoms with van der Waals surface area (Å²) in [5, 5.41) is 9.43. The number of piperidine rings is 3. The Morgan fingerprint density at radius 1 is 1.56 bits per heavy atom. The van der Waals surface area contributed by atoms with E-state index < -0.39 is 35.9 Å². The molecule has 3 aliphatic rings. The molecule has 0 aromatic carbocycles. The molecular weight excluding hydrogens is 251 g/mol. The topological polar surface area (TPSA) is 49.8 Å². The van der Waals surface area contributed by atoms with Crippen molar-refractivity contribution in [2.75, 3.05) is 33.4 Å². The first kappa shape index (κ1) is 13.8. The fourth-order valence-corrected chi connectivity index (χ4v) is 3.11. The Labute approximate surface area is 103 Å². The molecule has 3 heterocycles. The number of hydrogen-bond donors (Lipinski definition) is 1. The van der Waals surface area contributed by atoms with Crippen LogP contribution >= 0.6 is 0 Å². The Kier molecular flexibility index (Phi) is 3.42. The zero-order chi connectivity index (χ0) is 13.6. The van der Waals surface area contributed by atoms with Gasteiger partial charge in [-0.15, -0.1) is 0 Å². The highest BCUT2D eigenvalue weighted by Gasteiger charge is 2.62. The molecular formula is C11H16F3NO3. The Balaban J connectivity index is 2.31. The Bertz CT molecular complexity index is 347. The summed E-state index contributed by atoms with van der Waals surface area (Å²) in [6.45, 7) is -0.402. The van der Waals surface area contributed by atoms with Gasteiger partial charge in [0.25, 0.3) is 0 Å². The highest BCUT2D eigenvalue weighted by molar-refractivity contribution is 5.92. The van der Waals surface area contributed by atoms with Crippen LogP contribution in [0.15, 0.2) is 0 Å². The molecule has 4 nitrogen and oxygen atoms in total. The van der Waals surface area contributed by atoms with Crippen LogP contribution in [0.3, 0.4) is 0 Å².